The largest absolute Gasteiger partial charge is 0.360 e. The Morgan fingerprint density at radius 1 is 1.19 bits per heavy atom. The number of nitrogens with one attached hydrogen (secondary N) is 1. The van der Waals surface area contributed by atoms with Crippen LogP contribution in [0.1, 0.15) is 54.1 Å². The van der Waals surface area contributed by atoms with E-state index in [1.807, 2.05) is 36.2 Å². The van der Waals surface area contributed by atoms with E-state index in [2.05, 4.69) is 38.0 Å². The molecule has 2 aromatic heterocycles. The molecule has 1 N–H and O–H groups in total. The molecule has 0 bridgehead atoms. The van der Waals surface area contributed by atoms with Crippen molar-refractivity contribution in [3.63, 3.8) is 0 Å². The van der Waals surface area contributed by atoms with Gasteiger partial charge in [0.15, 0.2) is 5.43 Å². The van der Waals surface area contributed by atoms with Gasteiger partial charge in [0.25, 0.3) is 0 Å². The van der Waals surface area contributed by atoms with Crippen LogP contribution in [0.5, 0.6) is 0 Å². The molecule has 1 atom stereocenters. The molecule has 3 aromatic rings. The van der Waals surface area contributed by atoms with Crippen molar-refractivity contribution in [3.05, 3.63) is 102 Å². The summed E-state index contributed by atoms with van der Waals surface area (Å²) in [5, 5.41) is 0.706. The predicted octanol–water partition coefficient (Wildman–Crippen LogP) is 5.98. The number of aromatic nitrogens is 2. The van der Waals surface area contributed by atoms with Crippen molar-refractivity contribution in [2.45, 2.75) is 45.4 Å². The summed E-state index contributed by atoms with van der Waals surface area (Å²) in [6, 6.07) is 10.0. The second kappa shape index (κ2) is 10.7. The predicted molar refractivity (Wildman–Crippen MR) is 147 cm³/mol. The van der Waals surface area contributed by atoms with E-state index in [-0.39, 0.29) is 17.3 Å². The third-order valence-corrected chi connectivity index (χ3v) is 8.23. The third kappa shape index (κ3) is 5.07. The molecule has 1 fully saturated rings. The van der Waals surface area contributed by atoms with Gasteiger partial charge < -0.3 is 9.88 Å². The first-order chi connectivity index (χ1) is 17.4. The van der Waals surface area contributed by atoms with Crippen LogP contribution in [-0.4, -0.2) is 33.9 Å². The number of benzene rings is 1. The number of aromatic amines is 1. The normalized spacial score (nSPS) is 16.2. The zero-order chi connectivity index (χ0) is 25.2. The minimum Gasteiger partial charge on any atom is -0.360 e. The standard InChI is InChI=1S/C29H29BrClN3O2/c1-18(4-5-19-3-2-12-32-16-19)29(36)34-13-10-20(11-14-34)26-23-9-7-22(31)15-21(23)6-8-24-27(26)33-17-25(30)28(24)35/h2-3,7,9,12,15-18H,4-6,8,10-11,13-14H2,1H3,(H,33,35). The zero-order valence-corrected chi connectivity index (χ0v) is 22.7. The smallest absolute Gasteiger partial charge is 0.225 e. The van der Waals surface area contributed by atoms with Crippen LogP contribution in [0, 0.1) is 5.92 Å². The van der Waals surface area contributed by atoms with Gasteiger partial charge in [-0.25, -0.2) is 0 Å². The first-order valence-corrected chi connectivity index (χ1v) is 13.7. The van der Waals surface area contributed by atoms with Crippen molar-refractivity contribution in [3.8, 4) is 0 Å². The van der Waals surface area contributed by atoms with E-state index in [4.69, 9.17) is 11.6 Å². The summed E-state index contributed by atoms with van der Waals surface area (Å²) in [6.07, 6.45) is 10.0. The number of amides is 1. The number of carbonyl (C=O) groups excluding carboxylic acids is 1. The molecule has 0 spiro atoms. The Morgan fingerprint density at radius 2 is 2.00 bits per heavy atom. The van der Waals surface area contributed by atoms with Crippen molar-refractivity contribution in [1.82, 2.24) is 14.9 Å². The number of hydrogen-bond acceptors (Lipinski definition) is 3. The van der Waals surface area contributed by atoms with Crippen LogP contribution in [0.2, 0.25) is 5.02 Å². The van der Waals surface area contributed by atoms with E-state index in [0.717, 1.165) is 65.6 Å². The monoisotopic (exact) mass is 565 g/mol. The number of piperidine rings is 1. The highest BCUT2D eigenvalue weighted by molar-refractivity contribution is 9.10. The van der Waals surface area contributed by atoms with Gasteiger partial charge in [-0.15, -0.1) is 0 Å². The minimum atomic E-state index is -0.0328. The summed E-state index contributed by atoms with van der Waals surface area (Å²) in [5.41, 5.74) is 7.60. The highest BCUT2D eigenvalue weighted by Crippen LogP contribution is 2.38. The summed E-state index contributed by atoms with van der Waals surface area (Å²) >= 11 is 9.74. The number of hydrogen-bond donors (Lipinski definition) is 1. The molecule has 1 aromatic carbocycles. The highest BCUT2D eigenvalue weighted by Gasteiger charge is 2.29. The van der Waals surface area contributed by atoms with Crippen LogP contribution in [0.25, 0.3) is 5.57 Å². The fourth-order valence-corrected chi connectivity index (χ4v) is 5.94. The molecule has 7 heteroatoms. The Morgan fingerprint density at radius 3 is 2.75 bits per heavy atom. The second-order valence-electron chi connectivity index (χ2n) is 9.73. The fraction of sp³-hybridized carbons (Fsp3) is 0.345. The summed E-state index contributed by atoms with van der Waals surface area (Å²) in [5.74, 6) is 0.184. The molecular formula is C29H29BrClN3O2. The summed E-state index contributed by atoms with van der Waals surface area (Å²) < 4.78 is 0.551. The second-order valence-corrected chi connectivity index (χ2v) is 11.0. The molecule has 1 unspecified atom stereocenters. The average molecular weight is 567 g/mol. The number of nitrogens with zero attached hydrogens (tertiary/aromatic N) is 2. The third-order valence-electron chi connectivity index (χ3n) is 7.41. The maximum Gasteiger partial charge on any atom is 0.225 e. The van der Waals surface area contributed by atoms with Gasteiger partial charge in [-0.3, -0.25) is 14.6 Å². The summed E-state index contributed by atoms with van der Waals surface area (Å²) in [6.45, 7) is 3.40. The molecule has 5 nitrogen and oxygen atoms in total. The first-order valence-electron chi connectivity index (χ1n) is 12.5. The molecule has 2 aliphatic rings. The maximum absolute atomic E-state index is 13.2. The number of carbonyl (C=O) groups is 1. The number of aryl methyl sites for hydroxylation is 2. The average Bonchev–Trinajstić information content (AvgIpc) is 3.06. The number of rotatable bonds is 4. The quantitative estimate of drug-likeness (QED) is 0.423. The molecule has 5 rings (SSSR count). The van der Waals surface area contributed by atoms with E-state index in [9.17, 15) is 9.59 Å². The van der Waals surface area contributed by atoms with Crippen LogP contribution in [-0.2, 0) is 24.1 Å². The summed E-state index contributed by atoms with van der Waals surface area (Å²) in [7, 11) is 0. The van der Waals surface area contributed by atoms with E-state index >= 15 is 0 Å². The van der Waals surface area contributed by atoms with Gasteiger partial charge in [0.2, 0.25) is 5.91 Å². The van der Waals surface area contributed by atoms with Crippen LogP contribution < -0.4 is 5.43 Å². The molecule has 0 radical (unpaired) electrons. The van der Waals surface area contributed by atoms with Crippen LogP contribution in [0.15, 0.2) is 63.8 Å². The van der Waals surface area contributed by atoms with Crippen LogP contribution >= 0.6 is 27.5 Å². The minimum absolute atomic E-state index is 0.0328. The summed E-state index contributed by atoms with van der Waals surface area (Å²) in [4.78, 5) is 35.8. The lowest BCUT2D eigenvalue weighted by Crippen LogP contribution is -2.39. The molecule has 3 heterocycles. The highest BCUT2D eigenvalue weighted by atomic mass is 79.9. The van der Waals surface area contributed by atoms with Crippen molar-refractivity contribution < 1.29 is 4.79 Å². The number of H-pyrrole nitrogens is 1. The lowest BCUT2D eigenvalue weighted by molar-refractivity contribution is -0.135. The van der Waals surface area contributed by atoms with E-state index in [0.29, 0.717) is 29.0 Å². The van der Waals surface area contributed by atoms with Crippen molar-refractivity contribution in [1.29, 1.82) is 0 Å². The first kappa shape index (κ1) is 25.0. The van der Waals surface area contributed by atoms with Gasteiger partial charge in [-0.05, 0) is 89.3 Å². The van der Waals surface area contributed by atoms with Crippen molar-refractivity contribution in [2.75, 3.05) is 13.1 Å². The SMILES string of the molecule is CC(CCc1cccnc1)C(=O)N1CCC(=C2c3ccc(Cl)cc3CCc3c2[nH]cc(Br)c3=O)CC1. The van der Waals surface area contributed by atoms with Gasteiger partial charge in [-0.1, -0.05) is 36.2 Å². The maximum atomic E-state index is 13.2. The van der Waals surface area contributed by atoms with Crippen LogP contribution in [0.3, 0.4) is 0 Å². The molecular weight excluding hydrogens is 538 g/mol. The Kier molecular flexibility index (Phi) is 7.44. The van der Waals surface area contributed by atoms with E-state index in [1.165, 1.54) is 5.57 Å². The van der Waals surface area contributed by atoms with Gasteiger partial charge >= 0.3 is 0 Å². The molecule has 1 amide bonds. The van der Waals surface area contributed by atoms with E-state index < -0.39 is 0 Å². The lowest BCUT2D eigenvalue weighted by Gasteiger charge is -2.32. The lowest BCUT2D eigenvalue weighted by atomic mass is 9.88. The number of halogens is 2. The topological polar surface area (TPSA) is 66.1 Å². The number of fused-ring (bicyclic) bond motifs is 2. The van der Waals surface area contributed by atoms with Gasteiger partial charge in [0.05, 0.1) is 10.2 Å². The Bertz CT molecular complexity index is 1370. The van der Waals surface area contributed by atoms with Gasteiger partial charge in [0, 0.05) is 53.8 Å². The molecule has 1 aliphatic carbocycles. The molecule has 0 saturated carbocycles. The van der Waals surface area contributed by atoms with Crippen molar-refractivity contribution >= 4 is 39.0 Å². The molecule has 36 heavy (non-hydrogen) atoms. The molecule has 186 valence electrons. The van der Waals surface area contributed by atoms with Gasteiger partial charge in [-0.2, -0.15) is 0 Å². The van der Waals surface area contributed by atoms with E-state index in [1.54, 1.807) is 12.4 Å². The Labute approximate surface area is 224 Å². The zero-order valence-electron chi connectivity index (χ0n) is 20.3. The Balaban J connectivity index is 1.39. The number of pyridine rings is 2. The Hall–Kier alpha value is -2.70. The number of likely N-dealkylation sites (tertiary alicyclic amines) is 1. The fourth-order valence-electron chi connectivity index (χ4n) is 5.39. The van der Waals surface area contributed by atoms with Gasteiger partial charge in [0.1, 0.15) is 0 Å². The molecule has 1 aliphatic heterocycles. The van der Waals surface area contributed by atoms with Crippen LogP contribution in [0.4, 0.5) is 0 Å². The van der Waals surface area contributed by atoms with Crippen molar-refractivity contribution in [2.24, 2.45) is 5.92 Å². The molecule has 1 saturated heterocycles.